The summed E-state index contributed by atoms with van der Waals surface area (Å²) in [5.41, 5.74) is 2.33. The fraction of sp³-hybridized carbons (Fsp3) is 0.455. The number of nitrogens with zero attached hydrogens (tertiary/aromatic N) is 2. The van der Waals surface area contributed by atoms with Crippen LogP contribution in [0.25, 0.3) is 0 Å². The quantitative estimate of drug-likeness (QED) is 0.501. The molecule has 1 aromatic rings. The third-order valence-electron chi connectivity index (χ3n) is 2.55. The van der Waals surface area contributed by atoms with Crippen LogP contribution in [0.4, 0.5) is 5.00 Å². The van der Waals surface area contributed by atoms with Gasteiger partial charge in [-0.3, -0.25) is 14.9 Å². The van der Waals surface area contributed by atoms with Crippen molar-refractivity contribution in [3.8, 4) is 0 Å². The van der Waals surface area contributed by atoms with Crippen LogP contribution in [0.2, 0.25) is 0 Å². The summed E-state index contributed by atoms with van der Waals surface area (Å²) in [5.74, 6) is -1.25. The van der Waals surface area contributed by atoms with E-state index in [9.17, 15) is 14.9 Å². The molecule has 0 radical (unpaired) electrons. The maximum atomic E-state index is 11.6. The topological polar surface area (TPSA) is 103 Å². The van der Waals surface area contributed by atoms with Crippen molar-refractivity contribution in [2.75, 3.05) is 13.2 Å². The monoisotopic (exact) mass is 299 g/mol. The highest BCUT2D eigenvalue weighted by Gasteiger charge is 2.33. The molecular weight excluding hydrogens is 286 g/mol. The summed E-state index contributed by atoms with van der Waals surface area (Å²) in [6.07, 6.45) is 1.39. The predicted molar refractivity (Wildman–Crippen MR) is 71.6 cm³/mol. The molecule has 0 saturated carbocycles. The molecule has 2 rings (SSSR count). The molecule has 108 valence electrons. The zero-order valence-corrected chi connectivity index (χ0v) is 11.5. The van der Waals surface area contributed by atoms with E-state index in [1.807, 2.05) is 0 Å². The van der Waals surface area contributed by atoms with Crippen LogP contribution in [0.15, 0.2) is 17.2 Å². The minimum Gasteiger partial charge on any atom is -0.347 e. The lowest BCUT2D eigenvalue weighted by Crippen LogP contribution is -2.33. The van der Waals surface area contributed by atoms with Crippen molar-refractivity contribution in [2.45, 2.75) is 19.1 Å². The lowest BCUT2D eigenvalue weighted by Gasteiger charge is -2.20. The van der Waals surface area contributed by atoms with Crippen molar-refractivity contribution in [3.63, 3.8) is 0 Å². The molecule has 20 heavy (non-hydrogen) atoms. The number of carbonyl (C=O) groups is 1. The molecule has 0 aromatic carbocycles. The molecule has 1 fully saturated rings. The van der Waals surface area contributed by atoms with Gasteiger partial charge < -0.3 is 9.47 Å². The maximum absolute atomic E-state index is 11.6. The molecule has 2 heterocycles. The van der Waals surface area contributed by atoms with Gasteiger partial charge in [-0.25, -0.2) is 5.43 Å². The number of ether oxygens (including phenoxy) is 2. The van der Waals surface area contributed by atoms with E-state index in [0.29, 0.717) is 18.1 Å². The number of amides is 1. The third-order valence-corrected chi connectivity index (χ3v) is 3.52. The molecule has 1 aliphatic heterocycles. The molecule has 1 N–H and O–H groups in total. The van der Waals surface area contributed by atoms with Gasteiger partial charge in [0.25, 0.3) is 0 Å². The highest BCUT2D eigenvalue weighted by atomic mass is 32.1. The summed E-state index contributed by atoms with van der Waals surface area (Å²) < 4.78 is 10.6. The van der Waals surface area contributed by atoms with Crippen LogP contribution in [-0.4, -0.2) is 36.0 Å². The van der Waals surface area contributed by atoms with Crippen LogP contribution >= 0.6 is 11.3 Å². The molecule has 1 aromatic heterocycles. The van der Waals surface area contributed by atoms with Crippen molar-refractivity contribution < 1.29 is 19.2 Å². The van der Waals surface area contributed by atoms with Gasteiger partial charge in [0, 0.05) is 6.07 Å². The second-order valence-corrected chi connectivity index (χ2v) is 5.33. The number of carbonyl (C=O) groups excluding carboxylic acids is 1. The molecular formula is C11H13N3O5S. The molecule has 1 amide bonds. The second-order valence-electron chi connectivity index (χ2n) is 4.23. The highest BCUT2D eigenvalue weighted by Crippen LogP contribution is 2.23. The number of thiophene rings is 1. The Balaban J connectivity index is 1.83. The smallest absolute Gasteiger partial charge is 0.324 e. The molecule has 1 saturated heterocycles. The Hall–Kier alpha value is -1.84. The highest BCUT2D eigenvalue weighted by molar-refractivity contribution is 7.16. The number of nitrogens with one attached hydrogen (secondary N) is 1. The summed E-state index contributed by atoms with van der Waals surface area (Å²) in [6.45, 7) is 2.61. The van der Waals surface area contributed by atoms with E-state index in [1.54, 1.807) is 13.0 Å². The summed E-state index contributed by atoms with van der Waals surface area (Å²) in [7, 11) is 0. The first-order valence-corrected chi connectivity index (χ1v) is 6.64. The van der Waals surface area contributed by atoms with Crippen molar-refractivity contribution in [1.82, 2.24) is 5.43 Å². The van der Waals surface area contributed by atoms with Crippen LogP contribution in [0.1, 0.15) is 18.2 Å². The van der Waals surface area contributed by atoms with E-state index in [2.05, 4.69) is 10.5 Å². The van der Waals surface area contributed by atoms with E-state index < -0.39 is 10.7 Å². The fourth-order valence-corrected chi connectivity index (χ4v) is 2.36. The zero-order valence-electron chi connectivity index (χ0n) is 10.7. The van der Waals surface area contributed by atoms with Gasteiger partial charge in [0.15, 0.2) is 5.79 Å². The van der Waals surface area contributed by atoms with E-state index in [1.165, 1.54) is 12.3 Å². The Bertz CT molecular complexity index is 536. The van der Waals surface area contributed by atoms with Gasteiger partial charge in [0.2, 0.25) is 5.91 Å². The summed E-state index contributed by atoms with van der Waals surface area (Å²) in [4.78, 5) is 22.2. The van der Waals surface area contributed by atoms with Crippen LogP contribution in [0.5, 0.6) is 0 Å². The summed E-state index contributed by atoms with van der Waals surface area (Å²) in [6, 6.07) is 2.94. The molecule has 9 heteroatoms. The molecule has 0 spiro atoms. The number of nitro groups is 1. The lowest BCUT2D eigenvalue weighted by atomic mass is 10.2. The van der Waals surface area contributed by atoms with Crippen LogP contribution in [0, 0.1) is 10.1 Å². The van der Waals surface area contributed by atoms with Crippen molar-refractivity contribution >= 4 is 28.5 Å². The van der Waals surface area contributed by atoms with Crippen LogP contribution in [0.3, 0.4) is 0 Å². The Labute approximate surface area is 118 Å². The molecule has 8 nitrogen and oxygen atoms in total. The Morgan fingerprint density at radius 1 is 1.60 bits per heavy atom. The van der Waals surface area contributed by atoms with Crippen LogP contribution in [-0.2, 0) is 14.3 Å². The first kappa shape index (κ1) is 14.6. The van der Waals surface area contributed by atoms with Gasteiger partial charge in [-0.2, -0.15) is 5.10 Å². The van der Waals surface area contributed by atoms with Gasteiger partial charge in [-0.1, -0.05) is 11.3 Å². The van der Waals surface area contributed by atoms with Gasteiger partial charge in [0.05, 0.1) is 35.6 Å². The van der Waals surface area contributed by atoms with E-state index >= 15 is 0 Å². The van der Waals surface area contributed by atoms with Crippen molar-refractivity contribution in [2.24, 2.45) is 5.10 Å². The second kappa shape index (κ2) is 6.07. The normalized spacial score (nSPS) is 17.4. The van der Waals surface area contributed by atoms with Crippen molar-refractivity contribution in [1.29, 1.82) is 0 Å². The molecule has 0 atom stereocenters. The lowest BCUT2D eigenvalue weighted by molar-refractivity contribution is -0.380. The maximum Gasteiger partial charge on any atom is 0.324 e. The fourth-order valence-electron chi connectivity index (χ4n) is 1.67. The minimum atomic E-state index is -0.901. The SMILES string of the molecule is CC1(CC(=O)N/N=C\c2ccc([N+](=O)[O-])s2)OCCO1. The molecule has 0 unspecified atom stereocenters. The van der Waals surface area contributed by atoms with Crippen LogP contribution < -0.4 is 5.43 Å². The number of hydrogen-bond acceptors (Lipinski definition) is 7. The summed E-state index contributed by atoms with van der Waals surface area (Å²) >= 11 is 0.976. The van der Waals surface area contributed by atoms with Gasteiger partial charge in [-0.15, -0.1) is 0 Å². The Morgan fingerprint density at radius 3 is 2.90 bits per heavy atom. The standard InChI is InChI=1S/C11H13N3O5S/c1-11(18-4-5-19-11)6-9(15)13-12-7-8-2-3-10(20-8)14(16)17/h2-3,7H,4-6H2,1H3,(H,13,15)/b12-7-. The average molecular weight is 299 g/mol. The Morgan fingerprint density at radius 2 is 2.30 bits per heavy atom. The number of rotatable bonds is 5. The van der Waals surface area contributed by atoms with Gasteiger partial charge in [0.1, 0.15) is 0 Å². The molecule has 1 aliphatic rings. The summed E-state index contributed by atoms with van der Waals surface area (Å²) in [5, 5.41) is 14.3. The van der Waals surface area contributed by atoms with Crippen molar-refractivity contribution in [3.05, 3.63) is 27.1 Å². The zero-order chi connectivity index (χ0) is 14.6. The van der Waals surface area contributed by atoms with E-state index in [-0.39, 0.29) is 17.3 Å². The van der Waals surface area contributed by atoms with E-state index in [0.717, 1.165) is 11.3 Å². The number of hydrazone groups is 1. The largest absolute Gasteiger partial charge is 0.347 e. The third kappa shape index (κ3) is 3.83. The average Bonchev–Trinajstić information content (AvgIpc) is 2.98. The molecule has 0 aliphatic carbocycles. The Kier molecular flexibility index (Phi) is 4.42. The predicted octanol–water partition coefficient (Wildman–Crippen LogP) is 1.26. The van der Waals surface area contributed by atoms with Gasteiger partial charge in [-0.05, 0) is 13.0 Å². The molecule has 0 bridgehead atoms. The van der Waals surface area contributed by atoms with E-state index in [4.69, 9.17) is 9.47 Å². The first-order chi connectivity index (χ1) is 9.48. The minimum absolute atomic E-state index is 0.0260. The number of hydrogen-bond donors (Lipinski definition) is 1. The first-order valence-electron chi connectivity index (χ1n) is 5.82. The van der Waals surface area contributed by atoms with Gasteiger partial charge >= 0.3 is 5.00 Å².